The standard InChI is InChI=1S/C10H8N4O4/c15-9(16)6-3-13-8(4-12-6)14-2-1-11-7(5-14)10(17)18/h1-4H,5H2,(H,15,16)(H,17,18). The first-order valence-electron chi connectivity index (χ1n) is 4.86. The predicted molar refractivity (Wildman–Crippen MR) is 60.5 cm³/mol. The van der Waals surface area contributed by atoms with Gasteiger partial charge in [-0.25, -0.2) is 19.6 Å². The number of carboxylic acids is 2. The number of aliphatic imine (C=N–C) groups is 1. The molecule has 0 aromatic carbocycles. The van der Waals surface area contributed by atoms with Crippen molar-refractivity contribution >= 4 is 23.5 Å². The molecule has 2 N–H and O–H groups in total. The van der Waals surface area contributed by atoms with E-state index in [9.17, 15) is 9.59 Å². The second-order valence-corrected chi connectivity index (χ2v) is 3.37. The molecule has 0 spiro atoms. The van der Waals surface area contributed by atoms with Crippen LogP contribution in [0.1, 0.15) is 10.5 Å². The monoisotopic (exact) mass is 248 g/mol. The van der Waals surface area contributed by atoms with E-state index >= 15 is 0 Å². The van der Waals surface area contributed by atoms with E-state index in [2.05, 4.69) is 15.0 Å². The van der Waals surface area contributed by atoms with Gasteiger partial charge in [0.05, 0.1) is 18.9 Å². The highest BCUT2D eigenvalue weighted by atomic mass is 16.4. The minimum absolute atomic E-state index is 0.0263. The molecular weight excluding hydrogens is 240 g/mol. The molecule has 2 heterocycles. The molecule has 0 amide bonds. The van der Waals surface area contributed by atoms with Crippen molar-refractivity contribution in [3.05, 3.63) is 30.5 Å². The first-order chi connectivity index (χ1) is 8.58. The fraction of sp³-hybridized carbons (Fsp3) is 0.100. The number of carbonyl (C=O) groups is 2. The van der Waals surface area contributed by atoms with Crippen molar-refractivity contribution in [2.24, 2.45) is 4.99 Å². The largest absolute Gasteiger partial charge is 0.477 e. The number of hydrogen-bond acceptors (Lipinski definition) is 6. The molecule has 18 heavy (non-hydrogen) atoms. The van der Waals surface area contributed by atoms with Crippen LogP contribution in [0, 0.1) is 0 Å². The molecule has 0 fully saturated rings. The molecule has 1 aromatic rings. The lowest BCUT2D eigenvalue weighted by molar-refractivity contribution is -0.129. The van der Waals surface area contributed by atoms with E-state index in [0.717, 1.165) is 6.20 Å². The summed E-state index contributed by atoms with van der Waals surface area (Å²) in [6, 6.07) is 0. The van der Waals surface area contributed by atoms with E-state index in [1.165, 1.54) is 23.5 Å². The molecule has 1 aliphatic rings. The Hall–Kier alpha value is -2.77. The van der Waals surface area contributed by atoms with Gasteiger partial charge in [0.25, 0.3) is 0 Å². The van der Waals surface area contributed by atoms with Gasteiger partial charge < -0.3 is 15.1 Å². The molecule has 0 aliphatic carbocycles. The number of nitrogens with zero attached hydrogens (tertiary/aromatic N) is 4. The summed E-state index contributed by atoms with van der Waals surface area (Å²) in [7, 11) is 0. The third kappa shape index (κ3) is 2.32. The zero-order chi connectivity index (χ0) is 13.1. The summed E-state index contributed by atoms with van der Waals surface area (Å²) in [6.07, 6.45) is 5.24. The predicted octanol–water partition coefficient (Wildman–Crippen LogP) is -0.00840. The van der Waals surface area contributed by atoms with Crippen LogP contribution in [-0.2, 0) is 4.79 Å². The first-order valence-corrected chi connectivity index (χ1v) is 4.86. The Morgan fingerprint density at radius 1 is 1.17 bits per heavy atom. The molecule has 2 rings (SSSR count). The molecule has 0 saturated carbocycles. The van der Waals surface area contributed by atoms with Crippen LogP contribution in [0.4, 0.5) is 5.82 Å². The number of aromatic carboxylic acids is 1. The number of carboxylic acid groups (broad SMARTS) is 2. The number of aliphatic carboxylic acids is 1. The summed E-state index contributed by atoms with van der Waals surface area (Å²) in [5, 5.41) is 17.5. The maximum atomic E-state index is 10.8. The second kappa shape index (κ2) is 4.62. The Morgan fingerprint density at radius 3 is 2.50 bits per heavy atom. The summed E-state index contributed by atoms with van der Waals surface area (Å²) in [5.74, 6) is -1.93. The van der Waals surface area contributed by atoms with Crippen LogP contribution in [0.2, 0.25) is 0 Å². The molecule has 0 bridgehead atoms. The van der Waals surface area contributed by atoms with Gasteiger partial charge in [-0.1, -0.05) is 0 Å². The van der Waals surface area contributed by atoms with Crippen molar-refractivity contribution < 1.29 is 19.8 Å². The van der Waals surface area contributed by atoms with Gasteiger partial charge in [-0.15, -0.1) is 0 Å². The fourth-order valence-electron chi connectivity index (χ4n) is 1.32. The van der Waals surface area contributed by atoms with Crippen LogP contribution in [0.15, 0.2) is 29.8 Å². The van der Waals surface area contributed by atoms with Crippen LogP contribution in [-0.4, -0.2) is 44.4 Å². The van der Waals surface area contributed by atoms with E-state index in [-0.39, 0.29) is 18.0 Å². The van der Waals surface area contributed by atoms with Gasteiger partial charge in [-0.2, -0.15) is 0 Å². The summed E-state index contributed by atoms with van der Waals surface area (Å²) < 4.78 is 0. The van der Waals surface area contributed by atoms with Crippen molar-refractivity contribution in [2.45, 2.75) is 0 Å². The molecule has 1 aliphatic heterocycles. The maximum absolute atomic E-state index is 10.8. The van der Waals surface area contributed by atoms with Crippen molar-refractivity contribution in [1.82, 2.24) is 9.97 Å². The fourth-order valence-corrected chi connectivity index (χ4v) is 1.32. The minimum Gasteiger partial charge on any atom is -0.477 e. The number of hydrogen-bond donors (Lipinski definition) is 2. The van der Waals surface area contributed by atoms with E-state index < -0.39 is 11.9 Å². The van der Waals surface area contributed by atoms with Gasteiger partial charge in [0.2, 0.25) is 0 Å². The molecule has 0 atom stereocenters. The SMILES string of the molecule is O=C(O)C1=NC=CN(c2cnc(C(=O)O)cn2)C1. The Balaban J connectivity index is 2.19. The van der Waals surface area contributed by atoms with Gasteiger partial charge in [0.1, 0.15) is 5.71 Å². The van der Waals surface area contributed by atoms with E-state index in [4.69, 9.17) is 10.2 Å². The molecule has 1 aromatic heterocycles. The maximum Gasteiger partial charge on any atom is 0.356 e. The van der Waals surface area contributed by atoms with E-state index in [1.807, 2.05) is 0 Å². The van der Waals surface area contributed by atoms with Crippen LogP contribution in [0.25, 0.3) is 0 Å². The molecule has 92 valence electrons. The molecule has 0 saturated heterocycles. The topological polar surface area (TPSA) is 116 Å². The van der Waals surface area contributed by atoms with Crippen molar-refractivity contribution in [1.29, 1.82) is 0 Å². The zero-order valence-electron chi connectivity index (χ0n) is 9.02. The molecule has 0 radical (unpaired) electrons. The highest BCUT2D eigenvalue weighted by molar-refractivity contribution is 6.37. The second-order valence-electron chi connectivity index (χ2n) is 3.37. The average molecular weight is 248 g/mol. The van der Waals surface area contributed by atoms with Crippen molar-refractivity contribution in [2.75, 3.05) is 11.4 Å². The number of rotatable bonds is 3. The summed E-state index contributed by atoms with van der Waals surface area (Å²) in [5.41, 5.74) is -0.200. The lowest BCUT2D eigenvalue weighted by Gasteiger charge is -2.20. The van der Waals surface area contributed by atoms with Crippen LogP contribution in [0.3, 0.4) is 0 Å². The van der Waals surface area contributed by atoms with Gasteiger partial charge in [-0.3, -0.25) is 4.99 Å². The van der Waals surface area contributed by atoms with Gasteiger partial charge in [-0.05, 0) is 0 Å². The third-order valence-corrected chi connectivity index (χ3v) is 2.20. The first kappa shape index (κ1) is 11.7. The van der Waals surface area contributed by atoms with Gasteiger partial charge >= 0.3 is 11.9 Å². The zero-order valence-corrected chi connectivity index (χ0v) is 9.02. The van der Waals surface area contributed by atoms with Gasteiger partial charge in [0, 0.05) is 12.4 Å². The molecule has 8 nitrogen and oxygen atoms in total. The number of aromatic nitrogens is 2. The van der Waals surface area contributed by atoms with Crippen molar-refractivity contribution in [3.63, 3.8) is 0 Å². The quantitative estimate of drug-likeness (QED) is 0.772. The highest BCUT2D eigenvalue weighted by Crippen LogP contribution is 2.12. The molecule has 0 unspecified atom stereocenters. The lowest BCUT2D eigenvalue weighted by Crippen LogP contribution is -2.32. The summed E-state index contributed by atoms with van der Waals surface area (Å²) in [6.45, 7) is 0.0485. The summed E-state index contributed by atoms with van der Waals surface area (Å²) >= 11 is 0. The van der Waals surface area contributed by atoms with E-state index in [0.29, 0.717) is 5.82 Å². The Kier molecular flexibility index (Phi) is 3.00. The van der Waals surface area contributed by atoms with Crippen LogP contribution in [0.5, 0.6) is 0 Å². The van der Waals surface area contributed by atoms with Crippen LogP contribution >= 0.6 is 0 Å². The normalized spacial score (nSPS) is 14.2. The Labute approximate surface area is 101 Å². The highest BCUT2D eigenvalue weighted by Gasteiger charge is 2.18. The summed E-state index contributed by atoms with van der Waals surface area (Å²) in [4.78, 5) is 34.2. The third-order valence-electron chi connectivity index (χ3n) is 2.20. The smallest absolute Gasteiger partial charge is 0.356 e. The Bertz CT molecular complexity index is 550. The van der Waals surface area contributed by atoms with E-state index in [1.54, 1.807) is 0 Å². The number of anilines is 1. The lowest BCUT2D eigenvalue weighted by atomic mass is 10.3. The molecular formula is C10H8N4O4. The average Bonchev–Trinajstić information content (AvgIpc) is 2.39. The van der Waals surface area contributed by atoms with Crippen LogP contribution < -0.4 is 4.90 Å². The minimum atomic E-state index is -1.17. The Morgan fingerprint density at radius 2 is 1.94 bits per heavy atom. The van der Waals surface area contributed by atoms with Gasteiger partial charge in [0.15, 0.2) is 11.5 Å². The van der Waals surface area contributed by atoms with Crippen molar-refractivity contribution in [3.8, 4) is 0 Å². The molecule has 8 heteroatoms.